The summed E-state index contributed by atoms with van der Waals surface area (Å²) < 4.78 is 1.48. The molecule has 5 nitrogen and oxygen atoms in total. The summed E-state index contributed by atoms with van der Waals surface area (Å²) in [7, 11) is 0. The molecule has 0 unspecified atom stereocenters. The van der Waals surface area contributed by atoms with Gasteiger partial charge in [0.2, 0.25) is 0 Å². The lowest BCUT2D eigenvalue weighted by Crippen LogP contribution is -2.34. The van der Waals surface area contributed by atoms with Crippen LogP contribution in [0.3, 0.4) is 0 Å². The Labute approximate surface area is 130 Å². The smallest absolute Gasteiger partial charge is 0.288 e. The molecule has 21 heavy (non-hydrogen) atoms. The number of thiol groups is 1. The molecular weight excluding hydrogens is 288 g/mol. The minimum atomic E-state index is -0.437. The maximum atomic E-state index is 12.1. The molecule has 0 aromatic carbocycles. The molecule has 1 heterocycles. The molecule has 1 aromatic heterocycles. The Bertz CT molecular complexity index is 548. The van der Waals surface area contributed by atoms with Crippen LogP contribution in [0, 0.1) is 22.5 Å². The highest BCUT2D eigenvalue weighted by atomic mass is 32.1. The standard InChI is InChI=1S/C15H24N2O3S/c1-4-6-15(11-21,7-5-2)10-16-9-13(17(19)20)12(3)8-14(16)18/h8-9,21H,4-7,10-11H2,1-3H3. The molecule has 0 saturated carbocycles. The summed E-state index contributed by atoms with van der Waals surface area (Å²) in [6, 6.07) is 1.35. The Morgan fingerprint density at radius 3 is 2.33 bits per heavy atom. The Kier molecular flexibility index (Phi) is 6.45. The highest BCUT2D eigenvalue weighted by molar-refractivity contribution is 7.80. The average Bonchev–Trinajstić information content (AvgIpc) is 2.41. The molecule has 0 aliphatic rings. The third kappa shape index (κ3) is 4.33. The summed E-state index contributed by atoms with van der Waals surface area (Å²) in [4.78, 5) is 22.7. The van der Waals surface area contributed by atoms with E-state index in [2.05, 4.69) is 26.5 Å². The second-order valence-corrected chi connectivity index (χ2v) is 6.04. The minimum Gasteiger partial charge on any atom is -0.308 e. The van der Waals surface area contributed by atoms with E-state index in [1.54, 1.807) is 6.92 Å². The van der Waals surface area contributed by atoms with E-state index in [4.69, 9.17) is 0 Å². The minimum absolute atomic E-state index is 0.00402. The van der Waals surface area contributed by atoms with E-state index in [1.807, 2.05) is 0 Å². The third-order valence-corrected chi connectivity index (χ3v) is 4.57. The molecule has 0 fully saturated rings. The van der Waals surface area contributed by atoms with E-state index in [1.165, 1.54) is 16.8 Å². The van der Waals surface area contributed by atoms with Crippen molar-refractivity contribution in [3.05, 3.63) is 38.3 Å². The fourth-order valence-corrected chi connectivity index (χ4v) is 3.30. The van der Waals surface area contributed by atoms with Crippen molar-refractivity contribution >= 4 is 18.3 Å². The molecule has 0 spiro atoms. The first-order chi connectivity index (χ1) is 9.89. The second-order valence-electron chi connectivity index (χ2n) is 5.72. The van der Waals surface area contributed by atoms with Crippen LogP contribution in [-0.4, -0.2) is 15.2 Å². The van der Waals surface area contributed by atoms with Crippen LogP contribution in [0.2, 0.25) is 0 Å². The van der Waals surface area contributed by atoms with Crippen LogP contribution in [0.1, 0.15) is 45.1 Å². The predicted octanol–water partition coefficient (Wildman–Crippen LogP) is 3.58. The second kappa shape index (κ2) is 7.64. The van der Waals surface area contributed by atoms with Gasteiger partial charge < -0.3 is 4.57 Å². The largest absolute Gasteiger partial charge is 0.308 e. The van der Waals surface area contributed by atoms with Crippen molar-refractivity contribution < 1.29 is 4.92 Å². The average molecular weight is 312 g/mol. The third-order valence-electron chi connectivity index (χ3n) is 3.90. The van der Waals surface area contributed by atoms with Gasteiger partial charge in [-0.15, -0.1) is 0 Å². The van der Waals surface area contributed by atoms with Gasteiger partial charge in [0.15, 0.2) is 0 Å². The van der Waals surface area contributed by atoms with Gasteiger partial charge in [-0.2, -0.15) is 12.6 Å². The summed E-state index contributed by atoms with van der Waals surface area (Å²) in [6.07, 6.45) is 5.30. The van der Waals surface area contributed by atoms with Gasteiger partial charge in [-0.05, 0) is 30.9 Å². The van der Waals surface area contributed by atoms with Crippen molar-refractivity contribution in [2.24, 2.45) is 5.41 Å². The maximum absolute atomic E-state index is 12.1. The van der Waals surface area contributed by atoms with Crippen molar-refractivity contribution in [2.45, 2.75) is 53.0 Å². The fourth-order valence-electron chi connectivity index (χ4n) is 2.88. The highest BCUT2D eigenvalue weighted by Gasteiger charge is 2.28. The summed E-state index contributed by atoms with van der Waals surface area (Å²) in [5.74, 6) is 0.669. The molecular formula is C15H24N2O3S. The first-order valence-electron chi connectivity index (χ1n) is 7.35. The van der Waals surface area contributed by atoms with E-state index in [0.717, 1.165) is 25.7 Å². The van der Waals surface area contributed by atoms with Crippen LogP contribution in [0.4, 0.5) is 5.69 Å². The number of pyridine rings is 1. The van der Waals surface area contributed by atoms with Crippen molar-refractivity contribution in [1.82, 2.24) is 4.57 Å². The van der Waals surface area contributed by atoms with Crippen molar-refractivity contribution in [3.63, 3.8) is 0 Å². The molecule has 1 rings (SSSR count). The Balaban J connectivity index is 3.22. The Morgan fingerprint density at radius 1 is 1.33 bits per heavy atom. The molecule has 118 valence electrons. The molecule has 0 radical (unpaired) electrons. The zero-order valence-corrected chi connectivity index (χ0v) is 13.9. The molecule has 0 atom stereocenters. The monoisotopic (exact) mass is 312 g/mol. The Hall–Kier alpha value is -1.30. The van der Waals surface area contributed by atoms with Crippen LogP contribution in [-0.2, 0) is 6.54 Å². The van der Waals surface area contributed by atoms with Crippen LogP contribution < -0.4 is 5.56 Å². The predicted molar refractivity (Wildman–Crippen MR) is 88.2 cm³/mol. The van der Waals surface area contributed by atoms with Gasteiger partial charge >= 0.3 is 0 Å². The zero-order chi connectivity index (χ0) is 16.0. The molecule has 6 heteroatoms. The van der Waals surface area contributed by atoms with E-state index < -0.39 is 4.92 Å². The summed E-state index contributed by atoms with van der Waals surface area (Å²) in [5.41, 5.74) is 0.135. The lowest BCUT2D eigenvalue weighted by atomic mass is 9.81. The van der Waals surface area contributed by atoms with Crippen LogP contribution in [0.15, 0.2) is 17.1 Å². The molecule has 0 aliphatic heterocycles. The zero-order valence-electron chi connectivity index (χ0n) is 13.0. The molecule has 0 aliphatic carbocycles. The van der Waals surface area contributed by atoms with Gasteiger partial charge in [0.25, 0.3) is 11.2 Å². The SMILES string of the molecule is CCCC(CS)(CCC)Cn1cc([N+](=O)[O-])c(C)cc1=O. The molecule has 0 bridgehead atoms. The van der Waals surface area contributed by atoms with Gasteiger partial charge in [-0.1, -0.05) is 26.7 Å². The van der Waals surface area contributed by atoms with E-state index in [-0.39, 0.29) is 16.7 Å². The molecule has 0 saturated heterocycles. The van der Waals surface area contributed by atoms with Crippen LogP contribution in [0.25, 0.3) is 0 Å². The number of nitrogens with zero attached hydrogens (tertiary/aromatic N) is 2. The first-order valence-corrected chi connectivity index (χ1v) is 7.98. The van der Waals surface area contributed by atoms with Gasteiger partial charge in [-0.3, -0.25) is 14.9 Å². The molecule has 1 aromatic rings. The molecule has 0 N–H and O–H groups in total. The number of aryl methyl sites for hydroxylation is 1. The van der Waals surface area contributed by atoms with E-state index >= 15 is 0 Å². The van der Waals surface area contributed by atoms with Gasteiger partial charge in [-0.25, -0.2) is 0 Å². The number of hydrogen-bond donors (Lipinski definition) is 1. The Morgan fingerprint density at radius 2 is 1.90 bits per heavy atom. The van der Waals surface area contributed by atoms with E-state index in [0.29, 0.717) is 17.9 Å². The molecule has 0 amide bonds. The van der Waals surface area contributed by atoms with Crippen molar-refractivity contribution in [1.29, 1.82) is 0 Å². The number of aromatic nitrogens is 1. The van der Waals surface area contributed by atoms with Gasteiger partial charge in [0.1, 0.15) is 0 Å². The lowest BCUT2D eigenvalue weighted by molar-refractivity contribution is -0.386. The topological polar surface area (TPSA) is 65.1 Å². The highest BCUT2D eigenvalue weighted by Crippen LogP contribution is 2.33. The summed E-state index contributed by atoms with van der Waals surface area (Å²) in [6.45, 7) is 6.29. The van der Waals surface area contributed by atoms with Crippen molar-refractivity contribution in [2.75, 3.05) is 5.75 Å². The van der Waals surface area contributed by atoms with E-state index in [9.17, 15) is 14.9 Å². The van der Waals surface area contributed by atoms with Gasteiger partial charge in [0, 0.05) is 18.2 Å². The summed E-state index contributed by atoms with van der Waals surface area (Å²) in [5, 5.41) is 11.0. The van der Waals surface area contributed by atoms with Crippen molar-refractivity contribution in [3.8, 4) is 0 Å². The summed E-state index contributed by atoms with van der Waals surface area (Å²) >= 11 is 4.47. The van der Waals surface area contributed by atoms with Crippen LogP contribution in [0.5, 0.6) is 0 Å². The normalized spacial score (nSPS) is 11.6. The quantitative estimate of drug-likeness (QED) is 0.453. The lowest BCUT2D eigenvalue weighted by Gasteiger charge is -2.32. The first kappa shape index (κ1) is 17.8. The number of rotatable bonds is 8. The van der Waals surface area contributed by atoms with Crippen LogP contribution >= 0.6 is 12.6 Å². The van der Waals surface area contributed by atoms with Gasteiger partial charge in [0.05, 0.1) is 11.1 Å². The fraction of sp³-hybridized carbons (Fsp3) is 0.667. The maximum Gasteiger partial charge on any atom is 0.288 e. The number of nitro groups is 1. The number of hydrogen-bond acceptors (Lipinski definition) is 4.